The number of phenolic OH excluding ortho intramolecular Hbond substituents is 2. The van der Waals surface area contributed by atoms with Crippen molar-refractivity contribution in [3.63, 3.8) is 0 Å². The van der Waals surface area contributed by atoms with E-state index in [-0.39, 0.29) is 5.75 Å². The summed E-state index contributed by atoms with van der Waals surface area (Å²) < 4.78 is 0. The lowest BCUT2D eigenvalue weighted by Crippen LogP contribution is -1.81. The summed E-state index contributed by atoms with van der Waals surface area (Å²) in [5.74, 6) is 0.562. The zero-order chi connectivity index (χ0) is 14.8. The Morgan fingerprint density at radius 2 is 1.45 bits per heavy atom. The van der Waals surface area contributed by atoms with Gasteiger partial charge in [-0.3, -0.25) is 0 Å². The molecule has 22 heavy (non-hydrogen) atoms. The van der Waals surface area contributed by atoms with Gasteiger partial charge in [0.2, 0.25) is 0 Å². The minimum absolute atomic E-state index is 0.258. The molecule has 0 aliphatic heterocycles. The second kappa shape index (κ2) is 3.80. The van der Waals surface area contributed by atoms with E-state index in [0.717, 1.165) is 43.8 Å². The fourth-order valence-corrected chi connectivity index (χ4v) is 3.66. The van der Waals surface area contributed by atoms with Crippen molar-refractivity contribution >= 4 is 21.5 Å². The van der Waals surface area contributed by atoms with E-state index < -0.39 is 0 Å². The number of benzene rings is 4. The van der Waals surface area contributed by atoms with Crippen molar-refractivity contribution in [3.8, 4) is 33.8 Å². The second-order valence-electron chi connectivity index (χ2n) is 5.76. The lowest BCUT2D eigenvalue weighted by molar-refractivity contribution is 0.476. The van der Waals surface area contributed by atoms with E-state index in [1.807, 2.05) is 24.3 Å². The fourth-order valence-electron chi connectivity index (χ4n) is 3.66. The van der Waals surface area contributed by atoms with Crippen molar-refractivity contribution in [1.82, 2.24) is 0 Å². The number of phenols is 2. The van der Waals surface area contributed by atoms with Crippen LogP contribution >= 0.6 is 0 Å². The molecule has 0 aromatic heterocycles. The zero-order valence-electron chi connectivity index (χ0n) is 11.7. The van der Waals surface area contributed by atoms with Gasteiger partial charge >= 0.3 is 0 Å². The Balaban J connectivity index is 2.07. The van der Waals surface area contributed by atoms with Gasteiger partial charge in [-0.05, 0) is 51.0 Å². The molecule has 4 aromatic carbocycles. The Labute approximate surface area is 126 Å². The molecule has 0 radical (unpaired) electrons. The van der Waals surface area contributed by atoms with Gasteiger partial charge in [0.05, 0.1) is 0 Å². The number of fused-ring (bicyclic) bond motifs is 5. The van der Waals surface area contributed by atoms with E-state index in [0.29, 0.717) is 5.75 Å². The molecule has 0 unspecified atom stereocenters. The van der Waals surface area contributed by atoms with Crippen molar-refractivity contribution in [2.45, 2.75) is 0 Å². The zero-order valence-corrected chi connectivity index (χ0v) is 11.7. The van der Waals surface area contributed by atoms with Crippen LogP contribution in [0.3, 0.4) is 0 Å². The molecular weight excluding hydrogens is 272 g/mol. The second-order valence-corrected chi connectivity index (χ2v) is 5.76. The van der Waals surface area contributed by atoms with Crippen LogP contribution in [-0.4, -0.2) is 10.2 Å². The highest BCUT2D eigenvalue weighted by molar-refractivity contribution is 6.22. The summed E-state index contributed by atoms with van der Waals surface area (Å²) in [6.07, 6.45) is 0. The molecule has 0 amide bonds. The maximum atomic E-state index is 10.4. The molecule has 0 saturated carbocycles. The van der Waals surface area contributed by atoms with Gasteiger partial charge in [0.15, 0.2) is 0 Å². The molecule has 2 heteroatoms. The molecule has 104 valence electrons. The third-order valence-electron chi connectivity index (χ3n) is 4.57. The Bertz CT molecular complexity index is 1090. The number of aromatic hydroxyl groups is 2. The van der Waals surface area contributed by atoms with E-state index in [9.17, 15) is 10.2 Å². The van der Waals surface area contributed by atoms with Crippen LogP contribution in [0.1, 0.15) is 0 Å². The average molecular weight is 284 g/mol. The smallest absolute Gasteiger partial charge is 0.124 e. The largest absolute Gasteiger partial charge is 0.508 e. The first-order valence-electron chi connectivity index (χ1n) is 7.25. The van der Waals surface area contributed by atoms with Crippen LogP contribution in [-0.2, 0) is 0 Å². The van der Waals surface area contributed by atoms with Crippen molar-refractivity contribution in [2.24, 2.45) is 0 Å². The lowest BCUT2D eigenvalue weighted by Gasteiger charge is -2.08. The Hall–Kier alpha value is -3.00. The molecule has 0 fully saturated rings. The van der Waals surface area contributed by atoms with Gasteiger partial charge < -0.3 is 10.2 Å². The van der Waals surface area contributed by atoms with E-state index in [1.165, 1.54) is 0 Å². The highest BCUT2D eigenvalue weighted by Gasteiger charge is 2.25. The maximum Gasteiger partial charge on any atom is 0.124 e. The monoisotopic (exact) mass is 284 g/mol. The summed E-state index contributed by atoms with van der Waals surface area (Å²) in [5, 5.41) is 24.6. The molecule has 0 bridgehead atoms. The Kier molecular flexibility index (Phi) is 2.01. The Morgan fingerprint density at radius 1 is 0.636 bits per heavy atom. The van der Waals surface area contributed by atoms with Crippen LogP contribution in [0.2, 0.25) is 0 Å². The van der Waals surface area contributed by atoms with Gasteiger partial charge in [-0.15, -0.1) is 0 Å². The van der Waals surface area contributed by atoms with E-state index >= 15 is 0 Å². The minimum Gasteiger partial charge on any atom is -0.508 e. The van der Waals surface area contributed by atoms with Crippen molar-refractivity contribution in [2.75, 3.05) is 0 Å². The van der Waals surface area contributed by atoms with Gasteiger partial charge in [-0.2, -0.15) is 0 Å². The maximum absolute atomic E-state index is 10.4. The van der Waals surface area contributed by atoms with Crippen molar-refractivity contribution < 1.29 is 10.2 Å². The third-order valence-corrected chi connectivity index (χ3v) is 4.57. The van der Waals surface area contributed by atoms with Gasteiger partial charge in [-0.1, -0.05) is 42.5 Å². The van der Waals surface area contributed by atoms with Crippen LogP contribution in [0, 0.1) is 0 Å². The predicted octanol–water partition coefficient (Wildman–Crippen LogP) is 5.05. The lowest BCUT2D eigenvalue weighted by atomic mass is 9.96. The van der Waals surface area contributed by atoms with Gasteiger partial charge in [-0.25, -0.2) is 0 Å². The molecule has 5 rings (SSSR count). The highest BCUT2D eigenvalue weighted by atomic mass is 16.3. The summed E-state index contributed by atoms with van der Waals surface area (Å²) in [5.41, 5.74) is 4.14. The number of hydrogen-bond donors (Lipinski definition) is 2. The van der Waals surface area contributed by atoms with Gasteiger partial charge in [0.25, 0.3) is 0 Å². The fraction of sp³-hybridized carbons (Fsp3) is 0. The van der Waals surface area contributed by atoms with E-state index in [2.05, 4.69) is 18.2 Å². The molecule has 0 atom stereocenters. The number of hydrogen-bond acceptors (Lipinski definition) is 2. The predicted molar refractivity (Wildman–Crippen MR) is 89.2 cm³/mol. The first-order chi connectivity index (χ1) is 10.7. The quantitative estimate of drug-likeness (QED) is 0.417. The van der Waals surface area contributed by atoms with Crippen LogP contribution in [0.5, 0.6) is 11.5 Å². The summed E-state index contributed by atoms with van der Waals surface area (Å²) >= 11 is 0. The van der Waals surface area contributed by atoms with Crippen LogP contribution in [0.25, 0.3) is 43.8 Å². The number of rotatable bonds is 0. The summed E-state index contributed by atoms with van der Waals surface area (Å²) in [7, 11) is 0. The Morgan fingerprint density at radius 3 is 2.36 bits per heavy atom. The average Bonchev–Trinajstić information content (AvgIpc) is 2.88. The van der Waals surface area contributed by atoms with E-state index in [1.54, 1.807) is 18.2 Å². The molecular formula is C20H12O2. The molecule has 1 aliphatic carbocycles. The van der Waals surface area contributed by atoms with Gasteiger partial charge in [0, 0.05) is 10.9 Å². The molecule has 4 aromatic rings. The normalized spacial score (nSPS) is 12.0. The minimum atomic E-state index is 0.258. The van der Waals surface area contributed by atoms with Crippen LogP contribution in [0.4, 0.5) is 0 Å². The molecule has 2 N–H and O–H groups in total. The molecule has 0 heterocycles. The SMILES string of the molecule is Oc1ccc2ccc3c(c2c1)-c1cccc2ccc(O)c-3c12. The highest BCUT2D eigenvalue weighted by Crippen LogP contribution is 2.53. The van der Waals surface area contributed by atoms with Crippen molar-refractivity contribution in [3.05, 3.63) is 60.7 Å². The molecule has 0 saturated heterocycles. The summed E-state index contributed by atoms with van der Waals surface area (Å²) in [6.45, 7) is 0. The molecule has 1 aliphatic rings. The van der Waals surface area contributed by atoms with Gasteiger partial charge in [0.1, 0.15) is 11.5 Å². The third kappa shape index (κ3) is 1.29. The van der Waals surface area contributed by atoms with Crippen LogP contribution < -0.4 is 0 Å². The summed E-state index contributed by atoms with van der Waals surface area (Å²) in [4.78, 5) is 0. The van der Waals surface area contributed by atoms with Crippen molar-refractivity contribution in [1.29, 1.82) is 0 Å². The van der Waals surface area contributed by atoms with E-state index in [4.69, 9.17) is 0 Å². The van der Waals surface area contributed by atoms with Crippen LogP contribution in [0.15, 0.2) is 60.7 Å². The first-order valence-corrected chi connectivity index (χ1v) is 7.25. The molecule has 2 nitrogen and oxygen atoms in total. The first kappa shape index (κ1) is 11.6. The standard InChI is InChI=1S/C20H12O2/c21-13-7-4-11-5-8-15-19(16(11)10-13)14-3-1-2-12-6-9-17(22)20(15)18(12)14/h1-10,21-22H. The topological polar surface area (TPSA) is 40.5 Å². The molecule has 0 spiro atoms. The summed E-state index contributed by atoms with van der Waals surface area (Å²) in [6, 6.07) is 19.4.